The molecule has 1 fully saturated rings. The Bertz CT molecular complexity index is 586. The summed E-state index contributed by atoms with van der Waals surface area (Å²) in [7, 11) is 0. The van der Waals surface area contributed by atoms with Crippen molar-refractivity contribution in [3.63, 3.8) is 0 Å². The molecular formula is C18H23ClN2O2. The van der Waals surface area contributed by atoms with Crippen molar-refractivity contribution in [1.29, 1.82) is 0 Å². The summed E-state index contributed by atoms with van der Waals surface area (Å²) in [4.78, 5) is 25.7. The zero-order valence-electron chi connectivity index (χ0n) is 13.4. The van der Waals surface area contributed by atoms with Gasteiger partial charge in [0, 0.05) is 31.0 Å². The van der Waals surface area contributed by atoms with E-state index in [1.807, 2.05) is 48.2 Å². The molecular weight excluding hydrogens is 312 g/mol. The lowest BCUT2D eigenvalue weighted by Crippen LogP contribution is -2.37. The Balaban J connectivity index is 1.78. The molecule has 23 heavy (non-hydrogen) atoms. The third kappa shape index (κ3) is 5.71. The van der Waals surface area contributed by atoms with Crippen LogP contribution in [-0.4, -0.2) is 35.8 Å². The van der Waals surface area contributed by atoms with E-state index in [9.17, 15) is 9.59 Å². The number of hydrogen-bond donors (Lipinski definition) is 1. The van der Waals surface area contributed by atoms with Gasteiger partial charge in [-0.25, -0.2) is 0 Å². The van der Waals surface area contributed by atoms with E-state index in [2.05, 4.69) is 5.32 Å². The van der Waals surface area contributed by atoms with Crippen molar-refractivity contribution in [3.8, 4) is 0 Å². The first-order valence-corrected chi connectivity index (χ1v) is 8.43. The minimum Gasteiger partial charge on any atom is -0.351 e. The zero-order valence-corrected chi connectivity index (χ0v) is 14.2. The van der Waals surface area contributed by atoms with Crippen LogP contribution in [0.3, 0.4) is 0 Å². The highest BCUT2D eigenvalue weighted by Crippen LogP contribution is 2.15. The molecule has 0 unspecified atom stereocenters. The molecule has 0 aliphatic carbocycles. The molecule has 5 heteroatoms. The fourth-order valence-corrected chi connectivity index (χ4v) is 2.90. The van der Waals surface area contributed by atoms with Crippen LogP contribution >= 0.6 is 11.6 Å². The molecule has 124 valence electrons. The van der Waals surface area contributed by atoms with Gasteiger partial charge in [0.05, 0.1) is 6.04 Å². The zero-order chi connectivity index (χ0) is 16.7. The van der Waals surface area contributed by atoms with Gasteiger partial charge in [-0.1, -0.05) is 42.8 Å². The van der Waals surface area contributed by atoms with Crippen LogP contribution in [0.25, 0.3) is 0 Å². The third-order valence-corrected chi connectivity index (χ3v) is 4.08. The van der Waals surface area contributed by atoms with Crippen LogP contribution < -0.4 is 5.32 Å². The number of nitrogens with one attached hydrogen (secondary N) is 1. The molecule has 0 spiro atoms. The lowest BCUT2D eigenvalue weighted by molar-refractivity contribution is -0.127. The number of carbonyl (C=O) groups is 2. The molecule has 1 N–H and O–H groups in total. The molecule has 4 nitrogen and oxygen atoms in total. The Kier molecular flexibility index (Phi) is 6.66. The van der Waals surface area contributed by atoms with Gasteiger partial charge in [-0.15, -0.1) is 0 Å². The van der Waals surface area contributed by atoms with E-state index in [0.29, 0.717) is 31.0 Å². The first-order chi connectivity index (χ1) is 11.1. The molecule has 1 heterocycles. The number of allylic oxidation sites excluding steroid dienone is 1. The molecule has 1 aromatic carbocycles. The molecule has 1 aromatic rings. The smallest absolute Gasteiger partial charge is 0.224 e. The minimum atomic E-state index is -0.0793. The minimum absolute atomic E-state index is 0.0239. The maximum atomic E-state index is 12.0. The van der Waals surface area contributed by atoms with E-state index in [-0.39, 0.29) is 17.9 Å². The van der Waals surface area contributed by atoms with Crippen LogP contribution in [0, 0.1) is 0 Å². The molecule has 2 amide bonds. The van der Waals surface area contributed by atoms with E-state index in [0.717, 1.165) is 18.4 Å². The lowest BCUT2D eigenvalue weighted by Gasteiger charge is -2.17. The van der Waals surface area contributed by atoms with Crippen molar-refractivity contribution in [3.05, 3.63) is 47.0 Å². The van der Waals surface area contributed by atoms with Gasteiger partial charge in [0.1, 0.15) is 0 Å². The van der Waals surface area contributed by atoms with E-state index in [1.54, 1.807) is 0 Å². The molecule has 1 atom stereocenters. The van der Waals surface area contributed by atoms with Crippen LogP contribution in [0.5, 0.6) is 0 Å². The standard InChI is InChI=1S/C18H23ClN2O2/c1-2-3-4-8-17(22)20-16-12-18(23)21(13-16)10-9-14-6-5-7-15(19)11-14/h3-7,11,16H,2,8-10,12-13H2,1H3,(H,20,22)/b4-3+/t16-/m1/s1. The average molecular weight is 335 g/mol. The number of carbonyl (C=O) groups excluding carboxylic acids is 2. The summed E-state index contributed by atoms with van der Waals surface area (Å²) in [6.07, 6.45) is 6.29. The second kappa shape index (κ2) is 8.73. The topological polar surface area (TPSA) is 49.4 Å². The Morgan fingerprint density at radius 2 is 2.26 bits per heavy atom. The Morgan fingerprint density at radius 3 is 3.00 bits per heavy atom. The second-order valence-electron chi connectivity index (χ2n) is 5.77. The number of benzene rings is 1. The SMILES string of the molecule is CC/C=C/CC(=O)N[C@@H]1CC(=O)N(CCc2cccc(Cl)c2)C1. The fraction of sp³-hybridized carbons (Fsp3) is 0.444. The predicted molar refractivity (Wildman–Crippen MR) is 92.3 cm³/mol. The van der Waals surface area contributed by atoms with Crippen LogP contribution in [0.4, 0.5) is 0 Å². The summed E-state index contributed by atoms with van der Waals surface area (Å²) < 4.78 is 0. The molecule has 1 aliphatic rings. The van der Waals surface area contributed by atoms with Crippen LogP contribution in [0.1, 0.15) is 31.7 Å². The van der Waals surface area contributed by atoms with Crippen molar-refractivity contribution in [1.82, 2.24) is 10.2 Å². The van der Waals surface area contributed by atoms with E-state index >= 15 is 0 Å². The Labute approximate surface area is 142 Å². The van der Waals surface area contributed by atoms with Gasteiger partial charge in [-0.2, -0.15) is 0 Å². The summed E-state index contributed by atoms with van der Waals surface area (Å²) in [6, 6.07) is 7.60. The quantitative estimate of drug-likeness (QED) is 0.779. The lowest BCUT2D eigenvalue weighted by atomic mass is 10.1. The van der Waals surface area contributed by atoms with Crippen molar-refractivity contribution < 1.29 is 9.59 Å². The molecule has 0 aromatic heterocycles. The summed E-state index contributed by atoms with van der Waals surface area (Å²) in [6.45, 7) is 3.27. The highest BCUT2D eigenvalue weighted by molar-refractivity contribution is 6.30. The van der Waals surface area contributed by atoms with Crippen molar-refractivity contribution in [2.45, 2.75) is 38.6 Å². The third-order valence-electron chi connectivity index (χ3n) is 3.84. The number of halogens is 1. The normalized spacial score (nSPS) is 17.9. The number of likely N-dealkylation sites (tertiary alicyclic amines) is 1. The number of nitrogens with zero attached hydrogens (tertiary/aromatic N) is 1. The van der Waals surface area contributed by atoms with E-state index in [1.165, 1.54) is 0 Å². The Morgan fingerprint density at radius 1 is 1.43 bits per heavy atom. The summed E-state index contributed by atoms with van der Waals surface area (Å²) in [5, 5.41) is 3.64. The van der Waals surface area contributed by atoms with Gasteiger partial charge in [-0.3, -0.25) is 9.59 Å². The summed E-state index contributed by atoms with van der Waals surface area (Å²) >= 11 is 5.97. The largest absolute Gasteiger partial charge is 0.351 e. The average Bonchev–Trinajstić information content (AvgIpc) is 2.85. The first-order valence-electron chi connectivity index (χ1n) is 8.05. The van der Waals surface area contributed by atoms with Gasteiger partial charge in [0.25, 0.3) is 0 Å². The van der Waals surface area contributed by atoms with Crippen molar-refractivity contribution in [2.24, 2.45) is 0 Å². The van der Waals surface area contributed by atoms with Gasteiger partial charge < -0.3 is 10.2 Å². The maximum Gasteiger partial charge on any atom is 0.224 e. The molecule has 0 radical (unpaired) electrons. The molecule has 1 aliphatic heterocycles. The van der Waals surface area contributed by atoms with Gasteiger partial charge in [-0.05, 0) is 30.5 Å². The van der Waals surface area contributed by atoms with E-state index < -0.39 is 0 Å². The Hall–Kier alpha value is -1.81. The molecule has 0 saturated carbocycles. The number of amides is 2. The molecule has 0 bridgehead atoms. The van der Waals surface area contributed by atoms with Crippen LogP contribution in [-0.2, 0) is 16.0 Å². The van der Waals surface area contributed by atoms with Crippen LogP contribution in [0.15, 0.2) is 36.4 Å². The van der Waals surface area contributed by atoms with Crippen LogP contribution in [0.2, 0.25) is 5.02 Å². The monoisotopic (exact) mass is 334 g/mol. The first kappa shape index (κ1) is 17.5. The fourth-order valence-electron chi connectivity index (χ4n) is 2.69. The highest BCUT2D eigenvalue weighted by atomic mass is 35.5. The highest BCUT2D eigenvalue weighted by Gasteiger charge is 2.29. The van der Waals surface area contributed by atoms with Gasteiger partial charge in [0.15, 0.2) is 0 Å². The maximum absolute atomic E-state index is 12.0. The van der Waals surface area contributed by atoms with E-state index in [4.69, 9.17) is 11.6 Å². The number of hydrogen-bond acceptors (Lipinski definition) is 2. The molecule has 2 rings (SSSR count). The van der Waals surface area contributed by atoms with Gasteiger partial charge >= 0.3 is 0 Å². The number of rotatable bonds is 7. The van der Waals surface area contributed by atoms with Gasteiger partial charge in [0.2, 0.25) is 11.8 Å². The van der Waals surface area contributed by atoms with Crippen molar-refractivity contribution >= 4 is 23.4 Å². The summed E-state index contributed by atoms with van der Waals surface area (Å²) in [5.41, 5.74) is 1.11. The predicted octanol–water partition coefficient (Wildman–Crippen LogP) is 2.96. The van der Waals surface area contributed by atoms with Crippen molar-refractivity contribution in [2.75, 3.05) is 13.1 Å². The second-order valence-corrected chi connectivity index (χ2v) is 6.21. The molecule has 1 saturated heterocycles. The summed E-state index contributed by atoms with van der Waals surface area (Å²) in [5.74, 6) is 0.0746.